The van der Waals surface area contributed by atoms with Crippen LogP contribution in [-0.4, -0.2) is 11.4 Å². The van der Waals surface area contributed by atoms with E-state index in [0.29, 0.717) is 6.42 Å². The van der Waals surface area contributed by atoms with Crippen LogP contribution in [0, 0.1) is 6.92 Å². The molecule has 0 saturated carbocycles. The first-order valence-corrected chi connectivity index (χ1v) is 6.53. The SMILES string of the molecule is CCCC(C)(N)C(=O)NC(C)c1ccc(C)cc1. The molecule has 1 aromatic rings. The van der Waals surface area contributed by atoms with Gasteiger partial charge in [0.15, 0.2) is 0 Å². The van der Waals surface area contributed by atoms with Crippen molar-refractivity contribution < 1.29 is 4.79 Å². The number of aryl methyl sites for hydroxylation is 1. The van der Waals surface area contributed by atoms with Crippen LogP contribution in [-0.2, 0) is 4.79 Å². The van der Waals surface area contributed by atoms with Crippen molar-refractivity contribution >= 4 is 5.91 Å². The number of hydrogen-bond donors (Lipinski definition) is 2. The number of carbonyl (C=O) groups excluding carboxylic acids is 1. The van der Waals surface area contributed by atoms with Crippen molar-refractivity contribution in [3.05, 3.63) is 35.4 Å². The molecule has 0 heterocycles. The number of rotatable bonds is 5. The molecule has 3 N–H and O–H groups in total. The van der Waals surface area contributed by atoms with Crippen molar-refractivity contribution in [2.45, 2.75) is 52.1 Å². The second kappa shape index (κ2) is 6.01. The van der Waals surface area contributed by atoms with E-state index >= 15 is 0 Å². The van der Waals surface area contributed by atoms with E-state index in [1.165, 1.54) is 5.56 Å². The van der Waals surface area contributed by atoms with Crippen molar-refractivity contribution in [2.75, 3.05) is 0 Å². The highest BCUT2D eigenvalue weighted by Gasteiger charge is 2.28. The molecule has 3 heteroatoms. The summed E-state index contributed by atoms with van der Waals surface area (Å²) in [5.41, 5.74) is 7.54. The summed E-state index contributed by atoms with van der Waals surface area (Å²) in [5, 5.41) is 2.98. The van der Waals surface area contributed by atoms with Gasteiger partial charge < -0.3 is 11.1 Å². The highest BCUT2D eigenvalue weighted by atomic mass is 16.2. The van der Waals surface area contributed by atoms with Gasteiger partial charge in [0.25, 0.3) is 0 Å². The Morgan fingerprint density at radius 1 is 1.39 bits per heavy atom. The fraction of sp³-hybridized carbons (Fsp3) is 0.533. The fourth-order valence-corrected chi connectivity index (χ4v) is 1.93. The van der Waals surface area contributed by atoms with E-state index in [4.69, 9.17) is 5.73 Å². The summed E-state index contributed by atoms with van der Waals surface area (Å²) in [6, 6.07) is 8.15. The number of nitrogens with one attached hydrogen (secondary N) is 1. The number of nitrogens with two attached hydrogens (primary N) is 1. The summed E-state index contributed by atoms with van der Waals surface area (Å²) >= 11 is 0. The first-order chi connectivity index (χ1) is 8.36. The third kappa shape index (κ3) is 3.84. The number of amides is 1. The van der Waals surface area contributed by atoms with Crippen LogP contribution < -0.4 is 11.1 Å². The second-order valence-electron chi connectivity index (χ2n) is 5.27. The average molecular weight is 248 g/mol. The summed E-state index contributed by atoms with van der Waals surface area (Å²) in [5.74, 6) is -0.0857. The van der Waals surface area contributed by atoms with Gasteiger partial charge in [0.2, 0.25) is 5.91 Å². The molecular weight excluding hydrogens is 224 g/mol. The Kier molecular flexibility index (Phi) is 4.91. The maximum absolute atomic E-state index is 12.1. The average Bonchev–Trinajstić information content (AvgIpc) is 2.29. The lowest BCUT2D eigenvalue weighted by molar-refractivity contribution is -0.126. The largest absolute Gasteiger partial charge is 0.348 e. The van der Waals surface area contributed by atoms with Gasteiger partial charge in [-0.15, -0.1) is 0 Å². The smallest absolute Gasteiger partial charge is 0.240 e. The minimum Gasteiger partial charge on any atom is -0.348 e. The standard InChI is InChI=1S/C15H24N2O/c1-5-10-15(4,16)14(18)17-12(3)13-8-6-11(2)7-9-13/h6-9,12H,5,10,16H2,1-4H3,(H,17,18). The summed E-state index contributed by atoms with van der Waals surface area (Å²) in [6.45, 7) is 7.84. The molecule has 2 unspecified atom stereocenters. The molecule has 2 atom stereocenters. The van der Waals surface area contributed by atoms with Gasteiger partial charge in [-0.2, -0.15) is 0 Å². The zero-order valence-corrected chi connectivity index (χ0v) is 11.8. The number of benzene rings is 1. The Hall–Kier alpha value is -1.35. The third-order valence-corrected chi connectivity index (χ3v) is 3.21. The Morgan fingerprint density at radius 2 is 1.94 bits per heavy atom. The van der Waals surface area contributed by atoms with Crippen LogP contribution in [0.25, 0.3) is 0 Å². The highest BCUT2D eigenvalue weighted by Crippen LogP contribution is 2.15. The summed E-state index contributed by atoms with van der Waals surface area (Å²) in [7, 11) is 0. The molecule has 0 aliphatic rings. The molecule has 3 nitrogen and oxygen atoms in total. The lowest BCUT2D eigenvalue weighted by Crippen LogP contribution is -2.52. The molecular formula is C15H24N2O. The van der Waals surface area contributed by atoms with Crippen molar-refractivity contribution in [1.82, 2.24) is 5.32 Å². The minimum absolute atomic E-state index is 0.0159. The Morgan fingerprint density at radius 3 is 2.44 bits per heavy atom. The maximum Gasteiger partial charge on any atom is 0.240 e. The molecule has 0 aliphatic carbocycles. The second-order valence-corrected chi connectivity index (χ2v) is 5.27. The van der Waals surface area contributed by atoms with Crippen LogP contribution in [0.3, 0.4) is 0 Å². The van der Waals surface area contributed by atoms with Gasteiger partial charge in [0, 0.05) is 0 Å². The molecule has 18 heavy (non-hydrogen) atoms. The molecule has 0 radical (unpaired) electrons. The predicted molar refractivity (Wildman–Crippen MR) is 75.2 cm³/mol. The highest BCUT2D eigenvalue weighted by molar-refractivity contribution is 5.85. The molecule has 0 fully saturated rings. The monoisotopic (exact) mass is 248 g/mol. The van der Waals surface area contributed by atoms with Crippen molar-refractivity contribution in [3.8, 4) is 0 Å². The number of carbonyl (C=O) groups is 1. The van der Waals surface area contributed by atoms with Gasteiger partial charge in [-0.05, 0) is 32.8 Å². The van der Waals surface area contributed by atoms with Crippen molar-refractivity contribution in [2.24, 2.45) is 5.73 Å². The van der Waals surface area contributed by atoms with Crippen LogP contribution >= 0.6 is 0 Å². The van der Waals surface area contributed by atoms with Gasteiger partial charge in [-0.3, -0.25) is 4.79 Å². The van der Waals surface area contributed by atoms with Crippen LogP contribution in [0.4, 0.5) is 0 Å². The molecule has 1 aromatic carbocycles. The van der Waals surface area contributed by atoms with Gasteiger partial charge in [0.05, 0.1) is 11.6 Å². The Labute approximate surface area is 110 Å². The van der Waals surface area contributed by atoms with E-state index in [1.807, 2.05) is 45.0 Å². The molecule has 0 saturated heterocycles. The van der Waals surface area contributed by atoms with Gasteiger partial charge in [-0.25, -0.2) is 0 Å². The van der Waals surface area contributed by atoms with Crippen molar-refractivity contribution in [1.29, 1.82) is 0 Å². The van der Waals surface area contributed by atoms with E-state index < -0.39 is 5.54 Å². The molecule has 0 bridgehead atoms. The Bertz CT molecular complexity index is 395. The molecule has 100 valence electrons. The van der Waals surface area contributed by atoms with Crippen LogP contribution in [0.2, 0.25) is 0 Å². The van der Waals surface area contributed by atoms with Crippen LogP contribution in [0.15, 0.2) is 24.3 Å². The fourth-order valence-electron chi connectivity index (χ4n) is 1.93. The van der Waals surface area contributed by atoms with E-state index in [1.54, 1.807) is 6.92 Å². The normalized spacial score (nSPS) is 15.8. The first kappa shape index (κ1) is 14.7. The first-order valence-electron chi connectivity index (χ1n) is 6.53. The van der Waals surface area contributed by atoms with E-state index in [0.717, 1.165) is 12.0 Å². The molecule has 0 aromatic heterocycles. The third-order valence-electron chi connectivity index (χ3n) is 3.21. The van der Waals surface area contributed by atoms with Crippen molar-refractivity contribution in [3.63, 3.8) is 0 Å². The van der Waals surface area contributed by atoms with Gasteiger partial charge >= 0.3 is 0 Å². The molecule has 0 aliphatic heterocycles. The van der Waals surface area contributed by atoms with E-state index in [9.17, 15) is 4.79 Å². The Balaban J connectivity index is 2.67. The lowest BCUT2D eigenvalue weighted by Gasteiger charge is -2.25. The van der Waals surface area contributed by atoms with Gasteiger partial charge in [0.1, 0.15) is 0 Å². The number of hydrogen-bond acceptors (Lipinski definition) is 2. The van der Waals surface area contributed by atoms with Gasteiger partial charge in [-0.1, -0.05) is 43.2 Å². The van der Waals surface area contributed by atoms with E-state index in [2.05, 4.69) is 5.32 Å². The zero-order valence-electron chi connectivity index (χ0n) is 11.8. The molecule has 1 rings (SSSR count). The zero-order chi connectivity index (χ0) is 13.8. The predicted octanol–water partition coefficient (Wildman–Crippen LogP) is 2.69. The maximum atomic E-state index is 12.1. The van der Waals surface area contributed by atoms with E-state index in [-0.39, 0.29) is 11.9 Å². The van der Waals surface area contributed by atoms with Crippen LogP contribution in [0.1, 0.15) is 50.8 Å². The summed E-state index contributed by atoms with van der Waals surface area (Å²) in [4.78, 5) is 12.1. The quantitative estimate of drug-likeness (QED) is 0.841. The molecule has 1 amide bonds. The molecule has 0 spiro atoms. The lowest BCUT2D eigenvalue weighted by atomic mass is 9.95. The minimum atomic E-state index is -0.784. The summed E-state index contributed by atoms with van der Waals surface area (Å²) in [6.07, 6.45) is 1.60. The van der Waals surface area contributed by atoms with Crippen LogP contribution in [0.5, 0.6) is 0 Å². The summed E-state index contributed by atoms with van der Waals surface area (Å²) < 4.78 is 0. The topological polar surface area (TPSA) is 55.1 Å².